The minimum Gasteiger partial charge on any atom is -0.308 e. The number of nitrogens with zero attached hydrogens (tertiary/aromatic N) is 1. The van der Waals surface area contributed by atoms with E-state index in [9.17, 15) is 0 Å². The van der Waals surface area contributed by atoms with Gasteiger partial charge in [0.2, 0.25) is 0 Å². The number of hydrogen-bond acceptors (Lipinski definition) is 3. The van der Waals surface area contributed by atoms with Crippen LogP contribution in [0.5, 0.6) is 0 Å². The van der Waals surface area contributed by atoms with Crippen LogP contribution in [0, 0.1) is 11.3 Å². The maximum Gasteiger partial charge on any atom is 0.0309 e. The average molecular weight is 285 g/mol. The second kappa shape index (κ2) is 5.95. The fourth-order valence-electron chi connectivity index (χ4n) is 3.54. The molecule has 1 N–H and O–H groups in total. The topological polar surface area (TPSA) is 15.3 Å². The summed E-state index contributed by atoms with van der Waals surface area (Å²) in [5.41, 5.74) is 0.748. The van der Waals surface area contributed by atoms with Crippen LogP contribution >= 0.6 is 11.8 Å². The predicted octanol–water partition coefficient (Wildman–Crippen LogP) is 3.23. The Morgan fingerprint density at radius 2 is 2.00 bits per heavy atom. The summed E-state index contributed by atoms with van der Waals surface area (Å²) in [6, 6.07) is 0.682. The Hall–Kier alpha value is 0.270. The van der Waals surface area contributed by atoms with Gasteiger partial charge in [-0.2, -0.15) is 11.8 Å². The van der Waals surface area contributed by atoms with E-state index in [0.717, 1.165) is 12.5 Å². The highest BCUT2D eigenvalue weighted by Gasteiger charge is 2.47. The second-order valence-electron chi connectivity index (χ2n) is 7.77. The highest BCUT2D eigenvalue weighted by Crippen LogP contribution is 2.42. The zero-order valence-corrected chi connectivity index (χ0v) is 14.3. The van der Waals surface area contributed by atoms with Crippen LogP contribution in [-0.2, 0) is 0 Å². The molecule has 0 aromatic carbocycles. The van der Waals surface area contributed by atoms with E-state index in [4.69, 9.17) is 0 Å². The van der Waals surface area contributed by atoms with E-state index in [1.54, 1.807) is 0 Å². The molecule has 2 unspecified atom stereocenters. The lowest BCUT2D eigenvalue weighted by atomic mass is 9.80. The molecule has 0 bridgehead atoms. The fraction of sp³-hybridized carbons (Fsp3) is 1.00. The van der Waals surface area contributed by atoms with Crippen molar-refractivity contribution in [1.82, 2.24) is 10.2 Å². The average Bonchev–Trinajstić information content (AvgIpc) is 3.11. The predicted molar refractivity (Wildman–Crippen MR) is 86.9 cm³/mol. The quantitative estimate of drug-likeness (QED) is 0.780. The normalized spacial score (nSPS) is 33.6. The molecule has 2 aliphatic rings. The summed E-state index contributed by atoms with van der Waals surface area (Å²) in [7, 11) is 0. The molecule has 1 heterocycles. The van der Waals surface area contributed by atoms with Gasteiger partial charge in [-0.3, -0.25) is 4.90 Å². The molecule has 1 aliphatic heterocycles. The van der Waals surface area contributed by atoms with E-state index in [1.165, 1.54) is 38.1 Å². The van der Waals surface area contributed by atoms with Gasteiger partial charge in [-0.15, -0.1) is 0 Å². The van der Waals surface area contributed by atoms with Gasteiger partial charge >= 0.3 is 0 Å². The van der Waals surface area contributed by atoms with Crippen LogP contribution in [0.3, 0.4) is 0 Å². The monoisotopic (exact) mass is 284 g/mol. The van der Waals surface area contributed by atoms with E-state index in [-0.39, 0.29) is 0 Å². The number of thioether (sulfide) groups is 1. The lowest BCUT2D eigenvalue weighted by molar-refractivity contribution is 0.0207. The molecule has 0 aromatic heterocycles. The molecule has 1 aliphatic carbocycles. The lowest BCUT2D eigenvalue weighted by Gasteiger charge is -2.51. The van der Waals surface area contributed by atoms with Gasteiger partial charge in [-0.1, -0.05) is 20.8 Å². The molecule has 2 fully saturated rings. The lowest BCUT2D eigenvalue weighted by Crippen LogP contribution is -2.66. The summed E-state index contributed by atoms with van der Waals surface area (Å²) < 4.78 is 0. The van der Waals surface area contributed by atoms with Crippen molar-refractivity contribution in [1.29, 1.82) is 0 Å². The Labute approximate surface area is 124 Å². The van der Waals surface area contributed by atoms with Gasteiger partial charge < -0.3 is 5.32 Å². The largest absolute Gasteiger partial charge is 0.308 e. The minimum atomic E-state index is 0.372. The van der Waals surface area contributed by atoms with Crippen molar-refractivity contribution in [3.05, 3.63) is 0 Å². The SMILES string of the molecule is CSCCCN1CC(C)(C2CC2)NCC1C(C)(C)C. The highest BCUT2D eigenvalue weighted by atomic mass is 32.2. The zero-order valence-electron chi connectivity index (χ0n) is 13.5. The molecule has 2 atom stereocenters. The first-order valence-corrected chi connectivity index (χ1v) is 9.24. The molecule has 3 heteroatoms. The van der Waals surface area contributed by atoms with Crippen molar-refractivity contribution >= 4 is 11.8 Å². The maximum atomic E-state index is 3.89. The Kier molecular flexibility index (Phi) is 4.90. The summed E-state index contributed by atoms with van der Waals surface area (Å²) in [4.78, 5) is 2.78. The summed E-state index contributed by atoms with van der Waals surface area (Å²) in [6.07, 6.45) is 6.41. The van der Waals surface area contributed by atoms with E-state index < -0.39 is 0 Å². The van der Waals surface area contributed by atoms with Crippen LogP contribution in [0.1, 0.15) is 47.0 Å². The Morgan fingerprint density at radius 1 is 1.32 bits per heavy atom. The van der Waals surface area contributed by atoms with E-state index in [0.29, 0.717) is 17.0 Å². The third-order valence-corrected chi connectivity index (χ3v) is 5.64. The third kappa shape index (κ3) is 3.89. The fourth-order valence-corrected chi connectivity index (χ4v) is 3.96. The number of rotatable bonds is 5. The summed E-state index contributed by atoms with van der Waals surface area (Å²) in [6.45, 7) is 13.3. The van der Waals surface area contributed by atoms with Crippen LogP contribution in [-0.4, -0.2) is 48.1 Å². The van der Waals surface area contributed by atoms with E-state index in [2.05, 4.69) is 44.2 Å². The molecule has 1 saturated heterocycles. The van der Waals surface area contributed by atoms with Gasteiger partial charge in [0.1, 0.15) is 0 Å². The van der Waals surface area contributed by atoms with E-state index >= 15 is 0 Å². The minimum absolute atomic E-state index is 0.372. The Balaban J connectivity index is 2.00. The Morgan fingerprint density at radius 3 is 2.53 bits per heavy atom. The van der Waals surface area contributed by atoms with Gasteiger partial charge in [0.15, 0.2) is 0 Å². The number of nitrogens with one attached hydrogen (secondary N) is 1. The molecule has 0 radical (unpaired) electrons. The zero-order chi connectivity index (χ0) is 14.1. The molecular weight excluding hydrogens is 252 g/mol. The molecule has 2 nitrogen and oxygen atoms in total. The summed E-state index contributed by atoms with van der Waals surface area (Å²) in [5, 5.41) is 3.89. The van der Waals surface area contributed by atoms with Gasteiger partial charge in [0.25, 0.3) is 0 Å². The van der Waals surface area contributed by atoms with Gasteiger partial charge in [0.05, 0.1) is 0 Å². The third-order valence-electron chi connectivity index (χ3n) is 4.94. The van der Waals surface area contributed by atoms with Crippen molar-refractivity contribution in [2.45, 2.75) is 58.5 Å². The van der Waals surface area contributed by atoms with Gasteiger partial charge in [0, 0.05) is 24.7 Å². The first kappa shape index (κ1) is 15.7. The van der Waals surface area contributed by atoms with Crippen LogP contribution in [0.25, 0.3) is 0 Å². The van der Waals surface area contributed by atoms with E-state index in [1.807, 2.05) is 11.8 Å². The second-order valence-corrected chi connectivity index (χ2v) is 8.76. The first-order valence-electron chi connectivity index (χ1n) is 7.85. The number of hydrogen-bond donors (Lipinski definition) is 1. The molecular formula is C16H32N2S. The molecule has 0 spiro atoms. The summed E-state index contributed by atoms with van der Waals surface area (Å²) >= 11 is 1.98. The molecule has 0 aromatic rings. The molecule has 2 rings (SSSR count). The van der Waals surface area contributed by atoms with Crippen molar-refractivity contribution in [2.75, 3.05) is 31.6 Å². The molecule has 19 heavy (non-hydrogen) atoms. The van der Waals surface area contributed by atoms with Crippen molar-refractivity contribution < 1.29 is 0 Å². The Bertz CT molecular complexity index is 296. The van der Waals surface area contributed by atoms with Crippen LogP contribution < -0.4 is 5.32 Å². The van der Waals surface area contributed by atoms with Crippen molar-refractivity contribution in [2.24, 2.45) is 11.3 Å². The number of piperazine rings is 1. The van der Waals surface area contributed by atoms with Crippen LogP contribution in [0.4, 0.5) is 0 Å². The summed E-state index contributed by atoms with van der Waals surface area (Å²) in [5.74, 6) is 2.22. The van der Waals surface area contributed by atoms with Crippen LogP contribution in [0.2, 0.25) is 0 Å². The van der Waals surface area contributed by atoms with Gasteiger partial charge in [-0.25, -0.2) is 0 Å². The standard InChI is InChI=1S/C16H32N2S/c1-15(2,3)14-11-17-16(4,13-7-8-13)12-18(14)9-6-10-19-5/h13-14,17H,6-12H2,1-5H3. The molecule has 1 saturated carbocycles. The molecule has 0 amide bonds. The smallest absolute Gasteiger partial charge is 0.0309 e. The van der Waals surface area contributed by atoms with Crippen molar-refractivity contribution in [3.8, 4) is 0 Å². The first-order chi connectivity index (χ1) is 8.87. The maximum absolute atomic E-state index is 3.89. The van der Waals surface area contributed by atoms with Crippen molar-refractivity contribution in [3.63, 3.8) is 0 Å². The molecule has 112 valence electrons. The van der Waals surface area contributed by atoms with Gasteiger partial charge in [-0.05, 0) is 56.1 Å². The van der Waals surface area contributed by atoms with Crippen LogP contribution in [0.15, 0.2) is 0 Å². The highest BCUT2D eigenvalue weighted by molar-refractivity contribution is 7.98.